The lowest BCUT2D eigenvalue weighted by atomic mass is 10.0. The zero-order valence-electron chi connectivity index (χ0n) is 7.94. The summed E-state index contributed by atoms with van der Waals surface area (Å²) in [5, 5.41) is 11.2. The van der Waals surface area contributed by atoms with E-state index in [-0.39, 0.29) is 4.92 Å². The normalized spacial score (nSPS) is 12.4. The predicted octanol–water partition coefficient (Wildman–Crippen LogP) is 2.94. The number of hydrogen-bond donors (Lipinski definition) is 0. The Balaban J connectivity index is 2.72. The molecule has 0 spiro atoms. The molecule has 14 heavy (non-hydrogen) atoms. The zero-order chi connectivity index (χ0) is 10.6. The minimum absolute atomic E-state index is 0.235. The zero-order valence-corrected chi connectivity index (χ0v) is 8.70. The fourth-order valence-electron chi connectivity index (χ4n) is 1.30. The van der Waals surface area contributed by atoms with E-state index in [1.807, 2.05) is 19.1 Å². The summed E-state index contributed by atoms with van der Waals surface area (Å²) >= 11 is 5.78. The summed E-state index contributed by atoms with van der Waals surface area (Å²) in [5.41, 5.74) is 0.918. The highest BCUT2D eigenvalue weighted by Gasteiger charge is 2.17. The Hall–Kier alpha value is -1.09. The van der Waals surface area contributed by atoms with Crippen molar-refractivity contribution >= 4 is 11.6 Å². The lowest BCUT2D eigenvalue weighted by molar-refractivity contribution is -0.522. The molecule has 0 aromatic heterocycles. The van der Waals surface area contributed by atoms with Crippen LogP contribution in [0, 0.1) is 10.1 Å². The third kappa shape index (κ3) is 3.00. The molecule has 0 radical (unpaired) electrons. The second kappa shape index (κ2) is 4.96. The molecule has 4 heteroatoms. The van der Waals surface area contributed by atoms with Gasteiger partial charge in [-0.2, -0.15) is 0 Å². The van der Waals surface area contributed by atoms with Crippen molar-refractivity contribution in [3.63, 3.8) is 0 Å². The molecule has 0 fully saturated rings. The van der Waals surface area contributed by atoms with Gasteiger partial charge in [-0.3, -0.25) is 10.1 Å². The summed E-state index contributed by atoms with van der Waals surface area (Å²) in [6, 6.07) is 6.70. The van der Waals surface area contributed by atoms with Gasteiger partial charge in [-0.25, -0.2) is 0 Å². The minimum atomic E-state index is -0.506. The van der Waals surface area contributed by atoms with Gasteiger partial charge in [0.2, 0.25) is 6.04 Å². The van der Waals surface area contributed by atoms with Gasteiger partial charge < -0.3 is 0 Å². The fourth-order valence-corrected chi connectivity index (χ4v) is 1.52. The molecule has 76 valence electrons. The van der Waals surface area contributed by atoms with E-state index in [9.17, 15) is 10.1 Å². The van der Waals surface area contributed by atoms with Crippen LogP contribution in [0.1, 0.15) is 18.9 Å². The molecule has 0 aliphatic carbocycles. The molecule has 0 aliphatic rings. The Kier molecular flexibility index (Phi) is 3.89. The van der Waals surface area contributed by atoms with Gasteiger partial charge in [-0.05, 0) is 17.7 Å². The quantitative estimate of drug-likeness (QED) is 0.570. The van der Waals surface area contributed by atoms with Crippen LogP contribution in [-0.2, 0) is 6.42 Å². The maximum atomic E-state index is 10.6. The first-order valence-corrected chi connectivity index (χ1v) is 4.89. The Labute approximate surface area is 87.8 Å². The molecule has 0 heterocycles. The Bertz CT molecular complexity index is 328. The number of hydrogen-bond acceptors (Lipinski definition) is 2. The third-order valence-electron chi connectivity index (χ3n) is 2.13. The van der Waals surface area contributed by atoms with Crippen LogP contribution in [0.4, 0.5) is 0 Å². The van der Waals surface area contributed by atoms with E-state index >= 15 is 0 Å². The van der Waals surface area contributed by atoms with Gasteiger partial charge in [0.1, 0.15) is 0 Å². The standard InChI is InChI=1S/C10H12ClNO2/c1-2-10(12(13)14)7-8-4-3-5-9(11)6-8/h3-6,10H,2,7H2,1H3/t10-/m0/s1. The second-order valence-corrected chi connectivity index (χ2v) is 3.62. The van der Waals surface area contributed by atoms with Crippen molar-refractivity contribution in [2.75, 3.05) is 0 Å². The second-order valence-electron chi connectivity index (χ2n) is 3.18. The number of nitro groups is 1. The molecular formula is C10H12ClNO2. The van der Waals surface area contributed by atoms with E-state index < -0.39 is 6.04 Å². The van der Waals surface area contributed by atoms with Gasteiger partial charge in [0.15, 0.2) is 0 Å². The fraction of sp³-hybridized carbons (Fsp3) is 0.400. The van der Waals surface area contributed by atoms with Gasteiger partial charge in [0.05, 0.1) is 0 Å². The molecule has 0 bridgehead atoms. The van der Waals surface area contributed by atoms with Crippen molar-refractivity contribution in [2.24, 2.45) is 0 Å². The van der Waals surface area contributed by atoms with E-state index in [2.05, 4.69) is 0 Å². The van der Waals surface area contributed by atoms with Crippen molar-refractivity contribution in [2.45, 2.75) is 25.8 Å². The maximum absolute atomic E-state index is 10.6. The van der Waals surface area contributed by atoms with Gasteiger partial charge in [0, 0.05) is 22.8 Å². The highest BCUT2D eigenvalue weighted by Crippen LogP contribution is 2.14. The summed E-state index contributed by atoms with van der Waals surface area (Å²) in [4.78, 5) is 10.4. The molecule has 0 amide bonds. The average molecular weight is 214 g/mol. The SMILES string of the molecule is CC[C@@H](Cc1cccc(Cl)c1)[N+](=O)[O-]. The lowest BCUT2D eigenvalue weighted by Crippen LogP contribution is -2.20. The predicted molar refractivity (Wildman–Crippen MR) is 56.2 cm³/mol. The monoisotopic (exact) mass is 213 g/mol. The molecule has 0 saturated carbocycles. The lowest BCUT2D eigenvalue weighted by Gasteiger charge is -2.06. The maximum Gasteiger partial charge on any atom is 0.216 e. The molecule has 1 aromatic carbocycles. The molecule has 1 atom stereocenters. The molecule has 0 aliphatic heterocycles. The minimum Gasteiger partial charge on any atom is -0.264 e. The summed E-state index contributed by atoms with van der Waals surface area (Å²) in [6.45, 7) is 1.82. The third-order valence-corrected chi connectivity index (χ3v) is 2.36. The van der Waals surface area contributed by atoms with Gasteiger partial charge >= 0.3 is 0 Å². The summed E-state index contributed by atoms with van der Waals surface area (Å²) in [5.74, 6) is 0. The topological polar surface area (TPSA) is 43.1 Å². The van der Waals surface area contributed by atoms with Crippen LogP contribution in [0.15, 0.2) is 24.3 Å². The van der Waals surface area contributed by atoms with E-state index in [1.54, 1.807) is 12.1 Å². The van der Waals surface area contributed by atoms with Crippen LogP contribution in [0.5, 0.6) is 0 Å². The molecule has 3 nitrogen and oxygen atoms in total. The highest BCUT2D eigenvalue weighted by atomic mass is 35.5. The number of halogens is 1. The first kappa shape index (κ1) is 11.0. The summed E-state index contributed by atoms with van der Waals surface area (Å²) < 4.78 is 0. The summed E-state index contributed by atoms with van der Waals surface area (Å²) in [7, 11) is 0. The van der Waals surface area contributed by atoms with Crippen LogP contribution in [0.25, 0.3) is 0 Å². The number of rotatable bonds is 4. The largest absolute Gasteiger partial charge is 0.264 e. The van der Waals surface area contributed by atoms with Crippen LogP contribution >= 0.6 is 11.6 Å². The van der Waals surface area contributed by atoms with E-state index in [0.717, 1.165) is 5.56 Å². The molecule has 1 aromatic rings. The molecule has 0 N–H and O–H groups in total. The highest BCUT2D eigenvalue weighted by molar-refractivity contribution is 6.30. The van der Waals surface area contributed by atoms with Gasteiger partial charge in [-0.1, -0.05) is 30.7 Å². The molecule has 0 saturated heterocycles. The Morgan fingerprint density at radius 2 is 2.29 bits per heavy atom. The van der Waals surface area contributed by atoms with Crippen molar-refractivity contribution in [3.05, 3.63) is 45.0 Å². The van der Waals surface area contributed by atoms with Gasteiger partial charge in [0.25, 0.3) is 0 Å². The number of nitrogens with zero attached hydrogens (tertiary/aromatic N) is 1. The van der Waals surface area contributed by atoms with E-state index in [4.69, 9.17) is 11.6 Å². The van der Waals surface area contributed by atoms with Crippen molar-refractivity contribution in [1.82, 2.24) is 0 Å². The first-order valence-electron chi connectivity index (χ1n) is 4.51. The average Bonchev–Trinajstić information content (AvgIpc) is 2.14. The van der Waals surface area contributed by atoms with Gasteiger partial charge in [-0.15, -0.1) is 0 Å². The van der Waals surface area contributed by atoms with Crippen LogP contribution in [0.3, 0.4) is 0 Å². The van der Waals surface area contributed by atoms with Crippen molar-refractivity contribution in [3.8, 4) is 0 Å². The van der Waals surface area contributed by atoms with Crippen LogP contribution in [0.2, 0.25) is 5.02 Å². The number of benzene rings is 1. The van der Waals surface area contributed by atoms with E-state index in [0.29, 0.717) is 17.9 Å². The first-order chi connectivity index (χ1) is 6.63. The smallest absolute Gasteiger partial charge is 0.216 e. The van der Waals surface area contributed by atoms with Crippen LogP contribution < -0.4 is 0 Å². The molecule has 1 rings (SSSR count). The van der Waals surface area contributed by atoms with E-state index in [1.165, 1.54) is 0 Å². The summed E-state index contributed by atoms with van der Waals surface area (Å²) in [6.07, 6.45) is 0.990. The van der Waals surface area contributed by atoms with Crippen molar-refractivity contribution in [1.29, 1.82) is 0 Å². The molecular weight excluding hydrogens is 202 g/mol. The Morgan fingerprint density at radius 1 is 1.57 bits per heavy atom. The van der Waals surface area contributed by atoms with Crippen LogP contribution in [-0.4, -0.2) is 11.0 Å². The molecule has 0 unspecified atom stereocenters. The Morgan fingerprint density at radius 3 is 2.79 bits per heavy atom. The van der Waals surface area contributed by atoms with Crippen molar-refractivity contribution < 1.29 is 4.92 Å².